The van der Waals surface area contributed by atoms with Crippen molar-refractivity contribution in [2.45, 2.75) is 49.9 Å². The summed E-state index contributed by atoms with van der Waals surface area (Å²) < 4.78 is 0. The number of hydrogen-bond donors (Lipinski definition) is 2. The quantitative estimate of drug-likeness (QED) is 0.378. The summed E-state index contributed by atoms with van der Waals surface area (Å²) in [5, 5.41) is 0. The molecule has 2 saturated carbocycles. The number of hydroxylamine groups is 2. The van der Waals surface area contributed by atoms with Crippen molar-refractivity contribution >= 4 is 23.3 Å². The molecule has 2 N–H and O–H groups in total. The van der Waals surface area contributed by atoms with Crippen molar-refractivity contribution in [3.05, 3.63) is 61.2 Å². The number of anilines is 2. The normalized spacial score (nSPS) is 29.7. The van der Waals surface area contributed by atoms with E-state index in [2.05, 4.69) is 42.9 Å². The van der Waals surface area contributed by atoms with Crippen LogP contribution in [0.15, 0.2) is 61.2 Å². The van der Waals surface area contributed by atoms with Crippen LogP contribution in [0.25, 0.3) is 0 Å². The van der Waals surface area contributed by atoms with Gasteiger partial charge in [0.15, 0.2) is 0 Å². The molecule has 2 aromatic heterocycles. The van der Waals surface area contributed by atoms with Crippen LogP contribution in [0, 0.1) is 11.8 Å². The molecule has 188 valence electrons. The summed E-state index contributed by atoms with van der Waals surface area (Å²) in [6.07, 6.45) is 13.9. The van der Waals surface area contributed by atoms with E-state index in [-0.39, 0.29) is 12.1 Å². The Morgan fingerprint density at radius 2 is 1.28 bits per heavy atom. The van der Waals surface area contributed by atoms with Gasteiger partial charge < -0.3 is 19.5 Å². The minimum atomic E-state index is -0.651. The van der Waals surface area contributed by atoms with Gasteiger partial charge in [-0.05, 0) is 61.8 Å². The zero-order valence-corrected chi connectivity index (χ0v) is 19.9. The third-order valence-electron chi connectivity index (χ3n) is 7.65. The summed E-state index contributed by atoms with van der Waals surface area (Å²) in [6.45, 7) is 1.01. The molecule has 6 rings (SSSR count). The van der Waals surface area contributed by atoms with Gasteiger partial charge >= 0.3 is 11.9 Å². The average Bonchev–Trinajstić information content (AvgIpc) is 3.78. The molecular formula is C26H30N6O4. The van der Waals surface area contributed by atoms with E-state index in [1.54, 1.807) is 12.4 Å². The number of carbonyl (C=O) groups is 2. The van der Waals surface area contributed by atoms with Crippen LogP contribution in [0.1, 0.15) is 25.7 Å². The monoisotopic (exact) mass is 490 g/mol. The van der Waals surface area contributed by atoms with Crippen LogP contribution in [-0.4, -0.2) is 59.2 Å². The van der Waals surface area contributed by atoms with Crippen molar-refractivity contribution in [2.75, 3.05) is 22.9 Å². The fourth-order valence-electron chi connectivity index (χ4n) is 5.92. The van der Waals surface area contributed by atoms with Crippen LogP contribution in [0.3, 0.4) is 0 Å². The Labute approximate surface area is 209 Å². The van der Waals surface area contributed by atoms with Crippen LogP contribution in [0.4, 0.5) is 11.4 Å². The summed E-state index contributed by atoms with van der Waals surface area (Å²) in [7, 11) is 0. The molecule has 36 heavy (non-hydrogen) atoms. The van der Waals surface area contributed by atoms with Crippen LogP contribution in [0.2, 0.25) is 0 Å². The second-order valence-electron chi connectivity index (χ2n) is 10.0. The molecule has 4 heterocycles. The van der Waals surface area contributed by atoms with Gasteiger partial charge in [0.1, 0.15) is 0 Å². The maximum atomic E-state index is 12.0. The first-order chi connectivity index (χ1) is 17.7. The highest BCUT2D eigenvalue weighted by molar-refractivity contribution is 5.91. The number of rotatable bonds is 10. The largest absolute Gasteiger partial charge is 0.367 e. The van der Waals surface area contributed by atoms with Gasteiger partial charge in [0.25, 0.3) is 0 Å². The molecule has 2 aromatic rings. The Balaban J connectivity index is 0.908. The molecule has 0 radical (unpaired) electrons. The van der Waals surface area contributed by atoms with Gasteiger partial charge in [-0.15, -0.1) is 0 Å². The molecule has 2 aliphatic heterocycles. The van der Waals surface area contributed by atoms with E-state index in [0.717, 1.165) is 36.4 Å². The van der Waals surface area contributed by atoms with Gasteiger partial charge in [0.2, 0.25) is 0 Å². The van der Waals surface area contributed by atoms with Crippen LogP contribution in [0.5, 0.6) is 0 Å². The molecule has 2 saturated heterocycles. The number of nitrogens with one attached hydrogen (secondary N) is 2. The second kappa shape index (κ2) is 9.87. The minimum Gasteiger partial charge on any atom is -0.367 e. The second-order valence-corrected chi connectivity index (χ2v) is 10.0. The van der Waals surface area contributed by atoms with Gasteiger partial charge in [-0.1, -0.05) is 0 Å². The summed E-state index contributed by atoms with van der Waals surface area (Å²) in [4.78, 5) is 47.4. The van der Waals surface area contributed by atoms with Crippen molar-refractivity contribution in [2.24, 2.45) is 11.8 Å². The maximum Gasteiger partial charge on any atom is 0.349 e. The van der Waals surface area contributed by atoms with Gasteiger partial charge in [-0.3, -0.25) is 9.97 Å². The highest BCUT2D eigenvalue weighted by atomic mass is 16.7. The van der Waals surface area contributed by atoms with E-state index < -0.39 is 11.9 Å². The van der Waals surface area contributed by atoms with Gasteiger partial charge in [-0.25, -0.2) is 9.59 Å². The third-order valence-corrected chi connectivity index (χ3v) is 7.65. The number of carbonyl (C=O) groups excluding carboxylic acids is 2. The molecule has 6 unspecified atom stereocenters. The Bertz CT molecular complexity index is 1030. The molecule has 2 aliphatic carbocycles. The van der Waals surface area contributed by atoms with Crippen molar-refractivity contribution in [1.29, 1.82) is 0 Å². The Morgan fingerprint density at radius 1 is 0.806 bits per heavy atom. The van der Waals surface area contributed by atoms with Crippen molar-refractivity contribution < 1.29 is 19.3 Å². The summed E-state index contributed by atoms with van der Waals surface area (Å²) in [5.41, 5.74) is 7.70. The van der Waals surface area contributed by atoms with E-state index >= 15 is 0 Å². The fraction of sp³-hybridized carbons (Fsp3) is 0.462. The lowest BCUT2D eigenvalue weighted by molar-refractivity contribution is -0.147. The first-order valence-corrected chi connectivity index (χ1v) is 12.6. The summed E-state index contributed by atoms with van der Waals surface area (Å²) in [6, 6.07) is 9.54. The Kier molecular flexibility index (Phi) is 6.28. The first-order valence-electron chi connectivity index (χ1n) is 12.6. The molecule has 0 amide bonds. The summed E-state index contributed by atoms with van der Waals surface area (Å²) >= 11 is 0. The van der Waals surface area contributed by atoms with E-state index in [0.29, 0.717) is 37.0 Å². The summed E-state index contributed by atoms with van der Waals surface area (Å²) in [5.74, 6) is 0.0889. The Morgan fingerprint density at radius 3 is 1.69 bits per heavy atom. The van der Waals surface area contributed by atoms with Gasteiger partial charge in [-0.2, -0.15) is 11.0 Å². The fourth-order valence-corrected chi connectivity index (χ4v) is 5.92. The topological polar surface area (TPSA) is 109 Å². The average molecular weight is 491 g/mol. The number of hydrogen-bond acceptors (Lipinski definition) is 10. The lowest BCUT2D eigenvalue weighted by Gasteiger charge is -2.29. The smallest absolute Gasteiger partial charge is 0.349 e. The lowest BCUT2D eigenvalue weighted by Crippen LogP contribution is -2.41. The first kappa shape index (κ1) is 22.9. The molecule has 0 spiro atoms. The number of fused-ring (bicyclic) bond motifs is 2. The molecule has 4 fully saturated rings. The standard InChI is InChI=1S/C26H30N6O4/c33-25(35-29-15-21-9-17-11-23(17)31(21)19-3-1-7-27-13-19)5-6-26(34)36-30-16-22-10-18-12-24(18)32(22)20-4-2-8-28-14-20/h1-8,13-14,17-18,21-24,29-30H,9-12,15-16H2/b6-5+. The number of piperidine rings is 2. The molecular weight excluding hydrogens is 460 g/mol. The predicted octanol–water partition coefficient (Wildman–Crippen LogP) is 1.76. The zero-order chi connectivity index (χ0) is 24.5. The number of pyridine rings is 2. The third kappa shape index (κ3) is 4.91. The van der Waals surface area contributed by atoms with Crippen LogP contribution < -0.4 is 20.8 Å². The highest BCUT2D eigenvalue weighted by Crippen LogP contribution is 2.50. The lowest BCUT2D eigenvalue weighted by atomic mass is 10.1. The molecule has 10 nitrogen and oxygen atoms in total. The van der Waals surface area contributed by atoms with Crippen LogP contribution in [-0.2, 0) is 19.3 Å². The Hall–Kier alpha value is -3.50. The predicted molar refractivity (Wildman–Crippen MR) is 131 cm³/mol. The van der Waals surface area contributed by atoms with E-state index in [4.69, 9.17) is 9.68 Å². The zero-order valence-electron chi connectivity index (χ0n) is 19.9. The van der Waals surface area contributed by atoms with Crippen molar-refractivity contribution in [3.8, 4) is 0 Å². The van der Waals surface area contributed by atoms with Gasteiger partial charge in [0, 0.05) is 48.7 Å². The van der Waals surface area contributed by atoms with Crippen molar-refractivity contribution in [3.63, 3.8) is 0 Å². The number of nitrogens with zero attached hydrogens (tertiary/aromatic N) is 4. The minimum absolute atomic E-state index is 0.233. The molecule has 0 bridgehead atoms. The maximum absolute atomic E-state index is 12.0. The number of aromatic nitrogens is 2. The van der Waals surface area contributed by atoms with Crippen molar-refractivity contribution in [1.82, 2.24) is 20.9 Å². The molecule has 0 aromatic carbocycles. The van der Waals surface area contributed by atoms with E-state index in [1.165, 1.54) is 12.8 Å². The van der Waals surface area contributed by atoms with Gasteiger partial charge in [0.05, 0.1) is 36.9 Å². The molecule has 10 heteroatoms. The highest BCUT2D eigenvalue weighted by Gasteiger charge is 2.52. The SMILES string of the molecule is O=C(/C=C/C(=O)ONCC1CC2CC2N1c1cccnc1)ONCC1CC2CC2N1c1cccnc1. The van der Waals surface area contributed by atoms with E-state index in [1.807, 2.05) is 24.5 Å². The molecule has 6 atom stereocenters. The molecule has 4 aliphatic rings. The van der Waals surface area contributed by atoms with Crippen LogP contribution >= 0.6 is 0 Å². The van der Waals surface area contributed by atoms with E-state index in [9.17, 15) is 9.59 Å².